The second-order valence-corrected chi connectivity index (χ2v) is 2.54. The molecule has 6 heavy (non-hydrogen) atoms. The minimum atomic E-state index is -5.94. The molecule has 0 aromatic rings. The van der Waals surface area contributed by atoms with Crippen molar-refractivity contribution in [2.45, 2.75) is 0 Å². The van der Waals surface area contributed by atoms with Crippen LogP contribution >= 0.6 is 0 Å². The normalized spacial score (nSPS) is 10.0. The van der Waals surface area contributed by atoms with Crippen molar-refractivity contribution in [2.75, 3.05) is 0 Å². The van der Waals surface area contributed by atoms with Gasteiger partial charge in [-0.25, -0.2) is 0 Å². The van der Waals surface area contributed by atoms with Crippen molar-refractivity contribution >= 4 is 0 Å². The summed E-state index contributed by atoms with van der Waals surface area (Å²) in [5, 5.41) is 0. The minimum absolute atomic E-state index is 0. The quantitative estimate of drug-likeness (QED) is 0.285. The van der Waals surface area contributed by atoms with Crippen LogP contribution in [0.1, 0.15) is 0 Å². The van der Waals surface area contributed by atoms with E-state index in [9.17, 15) is 0 Å². The maximum absolute atomic E-state index is 8.62. The van der Waals surface area contributed by atoms with E-state index in [4.69, 9.17) is 13.7 Å². The number of hydrogen-bond acceptors (Lipinski definition) is 4. The minimum Gasteiger partial charge on any atom is -0.286 e. The molecule has 0 saturated heterocycles. The van der Waals surface area contributed by atoms with Crippen molar-refractivity contribution in [3.05, 3.63) is 0 Å². The average molecular weight is 198 g/mol. The third kappa shape index (κ3) is 65.9. The molecule has 4 nitrogen and oxygen atoms in total. The fourth-order valence-corrected chi connectivity index (χ4v) is 0. The largest absolute Gasteiger partial charge is 1.00 e. The van der Waals surface area contributed by atoms with Gasteiger partial charge < -0.3 is 0 Å². The van der Waals surface area contributed by atoms with Crippen LogP contribution in [0.2, 0.25) is 0 Å². The van der Waals surface area contributed by atoms with Gasteiger partial charge in [-0.2, -0.15) is 0 Å². The summed E-state index contributed by atoms with van der Waals surface area (Å²) in [6.45, 7) is 0. The van der Waals surface area contributed by atoms with Gasteiger partial charge in [0.15, 0.2) is 0 Å². The summed E-state index contributed by atoms with van der Waals surface area (Å²) in [6, 6.07) is 0. The molecule has 0 aromatic heterocycles. The van der Waals surface area contributed by atoms with Crippen molar-refractivity contribution in [1.82, 2.24) is 0 Å². The molecule has 0 unspecified atom stereocenters. The van der Waals surface area contributed by atoms with Crippen LogP contribution in [0.3, 0.4) is 0 Å². The molecule has 0 aromatic carbocycles. The predicted molar refractivity (Wildman–Crippen MR) is 0 cm³/mol. The van der Waals surface area contributed by atoms with E-state index >= 15 is 0 Å². The van der Waals surface area contributed by atoms with Crippen LogP contribution in [0.5, 0.6) is 0 Å². The van der Waals surface area contributed by atoms with Crippen LogP contribution in [0.4, 0.5) is 0 Å². The van der Waals surface area contributed by atoms with E-state index in [1.807, 2.05) is 0 Å². The van der Waals surface area contributed by atoms with Crippen LogP contribution < -0.4 is 52.7 Å². The molecule has 32 valence electrons. The van der Waals surface area contributed by atoms with E-state index in [2.05, 4.69) is 0 Å². The Hall–Kier alpha value is 1.17. The average Bonchev–Trinajstić information content (AvgIpc) is 0.722. The first kappa shape index (κ1) is 10.2. The molecule has 0 saturated carbocycles. The SMILES string of the molecule is [Li+].[O-][I+3]([O-])([O-])[O-]. The second-order valence-electron chi connectivity index (χ2n) is 0.378. The third-order valence-electron chi connectivity index (χ3n) is 0. The Kier molecular flexibility index (Phi) is 5.45. The first-order valence-corrected chi connectivity index (χ1v) is 4.14. The standard InChI is InChI=1S/IO4.Li/c2-1(3,4)5;/q-1;+1. The van der Waals surface area contributed by atoms with E-state index in [1.165, 1.54) is 0 Å². The Morgan fingerprint density at radius 2 is 0.833 bits per heavy atom. The zero-order valence-corrected chi connectivity index (χ0v) is 5.17. The van der Waals surface area contributed by atoms with Crippen LogP contribution in [-0.2, 0) is 0 Å². The molecule has 0 aliphatic rings. The number of halogens is 1. The summed E-state index contributed by atoms with van der Waals surface area (Å²) in [5.74, 6) is 0. The number of rotatable bonds is 0. The smallest absolute Gasteiger partial charge is 0.286 e. The molecule has 0 aliphatic heterocycles. The topological polar surface area (TPSA) is 92.2 Å². The first-order chi connectivity index (χ1) is 2.00. The van der Waals surface area contributed by atoms with E-state index in [0.717, 1.165) is 0 Å². The third-order valence-corrected chi connectivity index (χ3v) is 0. The van der Waals surface area contributed by atoms with Crippen LogP contribution in [0.25, 0.3) is 0 Å². The molecule has 6 heteroatoms. The van der Waals surface area contributed by atoms with Gasteiger partial charge in [0.1, 0.15) is 20.1 Å². The van der Waals surface area contributed by atoms with E-state index < -0.39 is 20.1 Å². The molecule has 0 fully saturated rings. The summed E-state index contributed by atoms with van der Waals surface area (Å²) in [7, 11) is 0. The van der Waals surface area contributed by atoms with Gasteiger partial charge in [0.05, 0.1) is 0 Å². The summed E-state index contributed by atoms with van der Waals surface area (Å²) < 4.78 is 34.5. The fourth-order valence-electron chi connectivity index (χ4n) is 0. The van der Waals surface area contributed by atoms with Crippen molar-refractivity contribution in [1.29, 1.82) is 0 Å². The van der Waals surface area contributed by atoms with Gasteiger partial charge in [0, 0.05) is 0 Å². The second kappa shape index (κ2) is 3.21. The first-order valence-electron chi connectivity index (χ1n) is 0.617. The molecule has 0 bridgehead atoms. The van der Waals surface area contributed by atoms with Crippen LogP contribution in [0, 0.1) is 0 Å². The maximum atomic E-state index is 8.62. The van der Waals surface area contributed by atoms with Crippen molar-refractivity contribution in [2.24, 2.45) is 0 Å². The van der Waals surface area contributed by atoms with E-state index in [-0.39, 0.29) is 18.9 Å². The van der Waals surface area contributed by atoms with Crippen molar-refractivity contribution < 1.29 is 52.7 Å². The molecule has 0 aliphatic carbocycles. The van der Waals surface area contributed by atoms with Gasteiger partial charge in [-0.15, -0.1) is 0 Å². The van der Waals surface area contributed by atoms with Crippen LogP contribution in [0.15, 0.2) is 0 Å². The Bertz CT molecular complexity index is 23.0. The van der Waals surface area contributed by atoms with E-state index in [1.54, 1.807) is 0 Å². The Labute approximate surface area is 52.7 Å². The summed E-state index contributed by atoms with van der Waals surface area (Å²) in [5.41, 5.74) is 0. The molecule has 0 atom stereocenters. The van der Waals surface area contributed by atoms with Gasteiger partial charge in [0.25, 0.3) is 0 Å². The van der Waals surface area contributed by atoms with Crippen LogP contribution in [-0.4, -0.2) is 0 Å². The monoisotopic (exact) mass is 198 g/mol. The van der Waals surface area contributed by atoms with E-state index in [0.29, 0.717) is 0 Å². The molecule has 0 radical (unpaired) electrons. The predicted octanol–water partition coefficient (Wildman–Crippen LogP) is -10.7. The summed E-state index contributed by atoms with van der Waals surface area (Å²) >= 11 is -5.94. The zero-order chi connectivity index (χ0) is 4.50. The molecule has 0 rings (SSSR count). The Balaban J connectivity index is 0. The van der Waals surface area contributed by atoms with Gasteiger partial charge in [0.2, 0.25) is 0 Å². The van der Waals surface area contributed by atoms with Crippen molar-refractivity contribution in [3.8, 4) is 0 Å². The molecule has 0 amide bonds. The van der Waals surface area contributed by atoms with Gasteiger partial charge in [-0.1, -0.05) is 0 Å². The fraction of sp³-hybridized carbons (Fsp3) is 0. The molecular formula is ILiO4. The molecular weight excluding hydrogens is 198 g/mol. The summed E-state index contributed by atoms with van der Waals surface area (Å²) in [6.07, 6.45) is 0. The van der Waals surface area contributed by atoms with Gasteiger partial charge in [-0.3, -0.25) is 13.7 Å². The summed E-state index contributed by atoms with van der Waals surface area (Å²) in [4.78, 5) is 0. The van der Waals surface area contributed by atoms with Gasteiger partial charge in [-0.05, 0) is 0 Å². The number of hydrogen-bond donors (Lipinski definition) is 0. The van der Waals surface area contributed by atoms with Crippen molar-refractivity contribution in [3.63, 3.8) is 0 Å². The van der Waals surface area contributed by atoms with Gasteiger partial charge >= 0.3 is 18.9 Å². The Morgan fingerprint density at radius 3 is 0.833 bits per heavy atom. The maximum Gasteiger partial charge on any atom is 1.00 e. The zero-order valence-electron chi connectivity index (χ0n) is 3.01. The molecule has 0 N–H and O–H groups in total. The Morgan fingerprint density at radius 1 is 0.833 bits per heavy atom. The molecule has 0 spiro atoms. The molecule has 0 heterocycles.